The molecule has 1 nitrogen and oxygen atoms in total. The fourth-order valence-corrected chi connectivity index (χ4v) is 3.06. The van der Waals surface area contributed by atoms with Crippen LogP contribution in [0.3, 0.4) is 0 Å². The highest BCUT2D eigenvalue weighted by Gasteiger charge is 2.46. The van der Waals surface area contributed by atoms with E-state index >= 15 is 0 Å². The third-order valence-electron chi connectivity index (χ3n) is 4.60. The van der Waals surface area contributed by atoms with Gasteiger partial charge in [-0.15, -0.1) is 0 Å². The number of hydrogen-bond acceptors (Lipinski definition) is 1. The van der Waals surface area contributed by atoms with Crippen molar-refractivity contribution < 1.29 is 5.11 Å². The van der Waals surface area contributed by atoms with Gasteiger partial charge in [-0.05, 0) is 31.1 Å². The molecule has 1 aliphatic rings. The molecule has 0 bridgehead atoms. The van der Waals surface area contributed by atoms with Crippen LogP contribution in [0.25, 0.3) is 0 Å². The van der Waals surface area contributed by atoms with Crippen LogP contribution in [0, 0.1) is 5.41 Å². The molecule has 1 heteroatoms. The zero-order chi connectivity index (χ0) is 12.1. The van der Waals surface area contributed by atoms with E-state index in [1.54, 1.807) is 0 Å². The molecule has 1 rings (SSSR count). The van der Waals surface area contributed by atoms with Crippen molar-refractivity contribution in [3.63, 3.8) is 0 Å². The smallest absolute Gasteiger partial charge is 0.0698 e. The molecule has 0 aromatic heterocycles. The zero-order valence-corrected chi connectivity index (χ0v) is 11.5. The van der Waals surface area contributed by atoms with Crippen LogP contribution in [-0.2, 0) is 0 Å². The zero-order valence-electron chi connectivity index (χ0n) is 11.5. The minimum atomic E-state index is -0.363. The lowest BCUT2D eigenvalue weighted by Gasteiger charge is -2.37. The lowest BCUT2D eigenvalue weighted by molar-refractivity contribution is -0.0511. The van der Waals surface area contributed by atoms with Gasteiger partial charge in [-0.25, -0.2) is 0 Å². The SMILES string of the molecule is CCCCCCCCC1(O)CCCC1(C)C. The molecule has 1 N–H and O–H groups in total. The molecule has 1 unspecified atom stereocenters. The van der Waals surface area contributed by atoms with Crippen molar-refractivity contribution in [3.8, 4) is 0 Å². The van der Waals surface area contributed by atoms with Crippen molar-refractivity contribution in [2.24, 2.45) is 5.41 Å². The van der Waals surface area contributed by atoms with E-state index in [0.29, 0.717) is 0 Å². The highest BCUT2D eigenvalue weighted by molar-refractivity contribution is 4.98. The lowest BCUT2D eigenvalue weighted by Crippen LogP contribution is -2.39. The Morgan fingerprint density at radius 1 is 0.938 bits per heavy atom. The van der Waals surface area contributed by atoms with Crippen molar-refractivity contribution in [3.05, 3.63) is 0 Å². The number of rotatable bonds is 7. The average molecular weight is 226 g/mol. The van der Waals surface area contributed by atoms with Crippen molar-refractivity contribution in [2.45, 2.75) is 90.6 Å². The Hall–Kier alpha value is -0.0400. The standard InChI is InChI=1S/C15H30O/c1-4-5-6-7-8-9-12-15(16)13-10-11-14(15,2)3/h16H,4-13H2,1-3H3. The van der Waals surface area contributed by atoms with Gasteiger partial charge in [0.2, 0.25) is 0 Å². The predicted octanol–water partition coefficient (Wildman–Crippen LogP) is 4.68. The van der Waals surface area contributed by atoms with E-state index in [1.807, 2.05) is 0 Å². The van der Waals surface area contributed by atoms with Crippen molar-refractivity contribution in [2.75, 3.05) is 0 Å². The molecular weight excluding hydrogens is 196 g/mol. The van der Waals surface area contributed by atoms with Gasteiger partial charge in [0.1, 0.15) is 0 Å². The maximum Gasteiger partial charge on any atom is 0.0698 e. The van der Waals surface area contributed by atoms with E-state index < -0.39 is 0 Å². The lowest BCUT2D eigenvalue weighted by atomic mass is 9.75. The predicted molar refractivity (Wildman–Crippen MR) is 70.6 cm³/mol. The van der Waals surface area contributed by atoms with Crippen LogP contribution in [0.2, 0.25) is 0 Å². The Kier molecular flexibility index (Phi) is 5.30. The van der Waals surface area contributed by atoms with Gasteiger partial charge in [0.15, 0.2) is 0 Å². The molecule has 1 atom stereocenters. The number of hydrogen-bond donors (Lipinski definition) is 1. The van der Waals surface area contributed by atoms with E-state index in [-0.39, 0.29) is 11.0 Å². The van der Waals surface area contributed by atoms with Crippen molar-refractivity contribution in [1.29, 1.82) is 0 Å². The van der Waals surface area contributed by atoms with Crippen LogP contribution in [0.4, 0.5) is 0 Å². The second kappa shape index (κ2) is 6.05. The topological polar surface area (TPSA) is 20.2 Å². The molecule has 16 heavy (non-hydrogen) atoms. The monoisotopic (exact) mass is 226 g/mol. The van der Waals surface area contributed by atoms with Gasteiger partial charge in [-0.2, -0.15) is 0 Å². The van der Waals surface area contributed by atoms with Crippen molar-refractivity contribution >= 4 is 0 Å². The molecule has 1 saturated carbocycles. The quantitative estimate of drug-likeness (QED) is 0.625. The first kappa shape index (κ1) is 14.0. The Bertz CT molecular complexity index is 198. The van der Waals surface area contributed by atoms with Gasteiger partial charge in [0, 0.05) is 0 Å². The Morgan fingerprint density at radius 2 is 1.56 bits per heavy atom. The Labute approximate surface area is 102 Å². The molecule has 1 fully saturated rings. The summed E-state index contributed by atoms with van der Waals surface area (Å²) in [5.74, 6) is 0. The average Bonchev–Trinajstić information content (AvgIpc) is 2.48. The number of unbranched alkanes of at least 4 members (excludes halogenated alkanes) is 5. The van der Waals surface area contributed by atoms with E-state index in [0.717, 1.165) is 12.8 Å². The fourth-order valence-electron chi connectivity index (χ4n) is 3.06. The third-order valence-corrected chi connectivity index (χ3v) is 4.60. The molecule has 96 valence electrons. The molecule has 0 spiro atoms. The molecule has 0 aromatic rings. The fraction of sp³-hybridized carbons (Fsp3) is 1.00. The van der Waals surface area contributed by atoms with Crippen molar-refractivity contribution in [1.82, 2.24) is 0 Å². The molecule has 0 aliphatic heterocycles. The van der Waals surface area contributed by atoms with Gasteiger partial charge in [-0.1, -0.05) is 59.3 Å². The van der Waals surface area contributed by atoms with E-state index in [9.17, 15) is 5.11 Å². The summed E-state index contributed by atoms with van der Waals surface area (Å²) in [6.07, 6.45) is 12.4. The summed E-state index contributed by atoms with van der Waals surface area (Å²) in [4.78, 5) is 0. The number of aliphatic hydroxyl groups is 1. The summed E-state index contributed by atoms with van der Waals surface area (Å²) in [6.45, 7) is 6.72. The van der Waals surface area contributed by atoms with Crippen LogP contribution < -0.4 is 0 Å². The third kappa shape index (κ3) is 3.48. The van der Waals surface area contributed by atoms with Gasteiger partial charge in [0.05, 0.1) is 5.60 Å². The van der Waals surface area contributed by atoms with Crippen LogP contribution in [0.5, 0.6) is 0 Å². The summed E-state index contributed by atoms with van der Waals surface area (Å²) in [6, 6.07) is 0. The molecule has 0 amide bonds. The van der Waals surface area contributed by atoms with Crippen LogP contribution in [0.1, 0.15) is 85.0 Å². The molecule has 0 heterocycles. The Morgan fingerprint density at radius 3 is 2.12 bits per heavy atom. The second-order valence-corrected chi connectivity index (χ2v) is 6.29. The van der Waals surface area contributed by atoms with E-state index in [1.165, 1.54) is 51.4 Å². The van der Waals surface area contributed by atoms with Gasteiger partial charge >= 0.3 is 0 Å². The largest absolute Gasteiger partial charge is 0.389 e. The summed E-state index contributed by atoms with van der Waals surface area (Å²) in [5, 5.41) is 10.6. The molecule has 0 saturated heterocycles. The molecule has 1 aliphatic carbocycles. The highest BCUT2D eigenvalue weighted by atomic mass is 16.3. The normalized spacial score (nSPS) is 28.5. The van der Waals surface area contributed by atoms with Gasteiger partial charge in [0.25, 0.3) is 0 Å². The Balaban J connectivity index is 2.17. The van der Waals surface area contributed by atoms with E-state index in [4.69, 9.17) is 0 Å². The molecule has 0 radical (unpaired) electrons. The first-order valence-electron chi connectivity index (χ1n) is 7.24. The summed E-state index contributed by atoms with van der Waals surface area (Å²) < 4.78 is 0. The van der Waals surface area contributed by atoms with Crippen LogP contribution >= 0.6 is 0 Å². The van der Waals surface area contributed by atoms with Crippen LogP contribution in [0.15, 0.2) is 0 Å². The summed E-state index contributed by atoms with van der Waals surface area (Å²) in [5.41, 5.74) is -0.214. The summed E-state index contributed by atoms with van der Waals surface area (Å²) in [7, 11) is 0. The van der Waals surface area contributed by atoms with Crippen LogP contribution in [-0.4, -0.2) is 10.7 Å². The maximum atomic E-state index is 10.6. The second-order valence-electron chi connectivity index (χ2n) is 6.29. The maximum absolute atomic E-state index is 10.6. The first-order valence-corrected chi connectivity index (χ1v) is 7.24. The van der Waals surface area contributed by atoms with Gasteiger partial charge in [-0.3, -0.25) is 0 Å². The molecule has 0 aromatic carbocycles. The highest BCUT2D eigenvalue weighted by Crippen LogP contribution is 2.48. The summed E-state index contributed by atoms with van der Waals surface area (Å²) >= 11 is 0. The minimum absolute atomic E-state index is 0.149. The first-order chi connectivity index (χ1) is 7.52. The van der Waals surface area contributed by atoms with Gasteiger partial charge < -0.3 is 5.11 Å². The van der Waals surface area contributed by atoms with E-state index in [2.05, 4.69) is 20.8 Å². The minimum Gasteiger partial charge on any atom is -0.389 e. The molecular formula is C15H30O.